The van der Waals surface area contributed by atoms with Gasteiger partial charge in [0.15, 0.2) is 6.61 Å². The first-order chi connectivity index (χ1) is 13.7. The summed E-state index contributed by atoms with van der Waals surface area (Å²) in [5.74, 6) is -1.02. The van der Waals surface area contributed by atoms with E-state index in [0.29, 0.717) is 11.4 Å². The molecule has 0 aliphatic heterocycles. The second-order valence-electron chi connectivity index (χ2n) is 6.87. The highest BCUT2D eigenvalue weighted by Crippen LogP contribution is 2.27. The number of esters is 1. The summed E-state index contributed by atoms with van der Waals surface area (Å²) in [4.78, 5) is 36.8. The van der Waals surface area contributed by atoms with Gasteiger partial charge in [-0.3, -0.25) is 14.9 Å². The molecule has 154 valence electrons. The summed E-state index contributed by atoms with van der Waals surface area (Å²) >= 11 is 0. The lowest BCUT2D eigenvalue weighted by atomic mass is 9.97. The van der Waals surface area contributed by atoms with Gasteiger partial charge < -0.3 is 15.0 Å². The van der Waals surface area contributed by atoms with Crippen LogP contribution in [-0.4, -0.2) is 37.5 Å². The van der Waals surface area contributed by atoms with E-state index in [9.17, 15) is 19.7 Å². The van der Waals surface area contributed by atoms with Gasteiger partial charge in [-0.25, -0.2) is 4.79 Å². The number of nitrogens with zero attached hydrogens (tertiary/aromatic N) is 2. The van der Waals surface area contributed by atoms with Crippen molar-refractivity contribution in [2.75, 3.05) is 30.9 Å². The molecular formula is C21H25N3O5. The molecule has 1 atom stereocenters. The standard InChI is InChI=1S/C21H25N3O5/c1-5-14(2)16-8-6-7-9-18(16)22-20(25)13-29-21(26)17-12-15(24(27)28)10-11-19(17)23(3)4/h6-12,14H,5,13H2,1-4H3,(H,22,25)/t14-/m1/s1. The Morgan fingerprint density at radius 2 is 1.90 bits per heavy atom. The lowest BCUT2D eigenvalue weighted by Gasteiger charge is -2.17. The number of nitrogens with one attached hydrogen (secondary N) is 1. The monoisotopic (exact) mass is 399 g/mol. The highest BCUT2D eigenvalue weighted by Gasteiger charge is 2.20. The average molecular weight is 399 g/mol. The number of hydrogen-bond acceptors (Lipinski definition) is 6. The van der Waals surface area contributed by atoms with E-state index in [-0.39, 0.29) is 17.2 Å². The van der Waals surface area contributed by atoms with Crippen molar-refractivity contribution in [1.82, 2.24) is 0 Å². The molecule has 0 heterocycles. The molecule has 0 spiro atoms. The van der Waals surface area contributed by atoms with Gasteiger partial charge in [0.2, 0.25) is 0 Å². The van der Waals surface area contributed by atoms with Gasteiger partial charge in [-0.1, -0.05) is 32.0 Å². The number of anilines is 2. The van der Waals surface area contributed by atoms with Crippen LogP contribution in [0, 0.1) is 10.1 Å². The third-order valence-electron chi connectivity index (χ3n) is 4.61. The topological polar surface area (TPSA) is 102 Å². The van der Waals surface area contributed by atoms with Crippen LogP contribution in [-0.2, 0) is 9.53 Å². The van der Waals surface area contributed by atoms with Gasteiger partial charge in [-0.05, 0) is 30.0 Å². The predicted molar refractivity (Wildman–Crippen MR) is 111 cm³/mol. The van der Waals surface area contributed by atoms with Crippen LogP contribution in [0.4, 0.5) is 17.1 Å². The molecule has 2 aromatic rings. The fourth-order valence-electron chi connectivity index (χ4n) is 2.85. The zero-order chi connectivity index (χ0) is 21.6. The van der Waals surface area contributed by atoms with Crippen LogP contribution in [0.5, 0.6) is 0 Å². The number of nitro groups is 1. The Hall–Kier alpha value is -3.42. The minimum atomic E-state index is -0.803. The Bertz CT molecular complexity index is 911. The number of para-hydroxylation sites is 1. The molecule has 0 aromatic heterocycles. The molecule has 0 radical (unpaired) electrons. The second kappa shape index (κ2) is 9.68. The lowest BCUT2D eigenvalue weighted by molar-refractivity contribution is -0.384. The third-order valence-corrected chi connectivity index (χ3v) is 4.61. The summed E-state index contributed by atoms with van der Waals surface area (Å²) in [5, 5.41) is 13.8. The Balaban J connectivity index is 2.11. The maximum absolute atomic E-state index is 12.5. The number of rotatable bonds is 8. The quantitative estimate of drug-likeness (QED) is 0.409. The maximum Gasteiger partial charge on any atom is 0.341 e. The first kappa shape index (κ1) is 21.9. The van der Waals surface area contributed by atoms with Crippen molar-refractivity contribution in [3.8, 4) is 0 Å². The number of carbonyl (C=O) groups is 2. The lowest BCUT2D eigenvalue weighted by Crippen LogP contribution is -2.23. The van der Waals surface area contributed by atoms with E-state index in [1.165, 1.54) is 12.1 Å². The Labute approximate surface area is 169 Å². The van der Waals surface area contributed by atoms with Gasteiger partial charge in [0.05, 0.1) is 16.2 Å². The molecule has 0 unspecified atom stereocenters. The molecule has 0 fully saturated rings. The molecule has 0 bridgehead atoms. The second-order valence-corrected chi connectivity index (χ2v) is 6.87. The fourth-order valence-corrected chi connectivity index (χ4v) is 2.85. The highest BCUT2D eigenvalue weighted by molar-refractivity contribution is 5.99. The van der Waals surface area contributed by atoms with Gasteiger partial charge >= 0.3 is 5.97 Å². The fraction of sp³-hybridized carbons (Fsp3) is 0.333. The maximum atomic E-state index is 12.5. The summed E-state index contributed by atoms with van der Waals surface area (Å²) in [5.41, 5.74) is 1.94. The van der Waals surface area contributed by atoms with Crippen LogP contribution in [0.2, 0.25) is 0 Å². The van der Waals surface area contributed by atoms with Crippen molar-refractivity contribution in [3.63, 3.8) is 0 Å². The van der Waals surface area contributed by atoms with Crippen LogP contribution in [0.1, 0.15) is 42.1 Å². The van der Waals surface area contributed by atoms with Crippen molar-refractivity contribution in [2.24, 2.45) is 0 Å². The largest absolute Gasteiger partial charge is 0.452 e. The molecule has 0 aliphatic rings. The van der Waals surface area contributed by atoms with Crippen molar-refractivity contribution in [1.29, 1.82) is 0 Å². The van der Waals surface area contributed by atoms with Crippen LogP contribution in [0.15, 0.2) is 42.5 Å². The Morgan fingerprint density at radius 3 is 2.52 bits per heavy atom. The smallest absolute Gasteiger partial charge is 0.341 e. The van der Waals surface area contributed by atoms with E-state index in [1.807, 2.05) is 18.2 Å². The minimum Gasteiger partial charge on any atom is -0.452 e. The van der Waals surface area contributed by atoms with Crippen LogP contribution in [0.3, 0.4) is 0 Å². The number of nitro benzene ring substituents is 1. The highest BCUT2D eigenvalue weighted by atomic mass is 16.6. The van der Waals surface area contributed by atoms with Crippen molar-refractivity contribution in [3.05, 3.63) is 63.7 Å². The van der Waals surface area contributed by atoms with E-state index in [2.05, 4.69) is 19.2 Å². The number of carbonyl (C=O) groups excluding carboxylic acids is 2. The third kappa shape index (κ3) is 5.54. The van der Waals surface area contributed by atoms with Gasteiger partial charge in [0.1, 0.15) is 0 Å². The number of amides is 1. The number of non-ortho nitro benzene ring substituents is 1. The zero-order valence-electron chi connectivity index (χ0n) is 17.0. The SMILES string of the molecule is CC[C@@H](C)c1ccccc1NC(=O)COC(=O)c1cc([N+](=O)[O-])ccc1N(C)C. The molecule has 2 aromatic carbocycles. The van der Waals surface area contributed by atoms with Gasteiger partial charge in [-0.15, -0.1) is 0 Å². The molecule has 2 rings (SSSR count). The minimum absolute atomic E-state index is 0.0250. The molecule has 8 nitrogen and oxygen atoms in total. The number of hydrogen-bond donors (Lipinski definition) is 1. The van der Waals surface area contributed by atoms with Gasteiger partial charge in [0, 0.05) is 31.9 Å². The summed E-state index contributed by atoms with van der Waals surface area (Å²) in [7, 11) is 3.41. The normalized spacial score (nSPS) is 11.4. The molecular weight excluding hydrogens is 374 g/mol. The summed E-state index contributed by atoms with van der Waals surface area (Å²) in [6.07, 6.45) is 0.919. The Kier molecular flexibility index (Phi) is 7.30. The van der Waals surface area contributed by atoms with Crippen molar-refractivity contribution >= 4 is 28.9 Å². The number of ether oxygens (including phenoxy) is 1. The molecule has 0 aliphatic carbocycles. The van der Waals surface area contributed by atoms with E-state index in [1.54, 1.807) is 25.1 Å². The summed E-state index contributed by atoms with van der Waals surface area (Å²) < 4.78 is 5.11. The van der Waals surface area contributed by atoms with E-state index < -0.39 is 23.4 Å². The average Bonchev–Trinajstić information content (AvgIpc) is 2.71. The van der Waals surface area contributed by atoms with Gasteiger partial charge in [-0.2, -0.15) is 0 Å². The summed E-state index contributed by atoms with van der Waals surface area (Å²) in [6.45, 7) is 3.63. The predicted octanol–water partition coefficient (Wildman–Crippen LogP) is 3.97. The molecule has 8 heteroatoms. The first-order valence-electron chi connectivity index (χ1n) is 9.26. The van der Waals surface area contributed by atoms with Crippen molar-refractivity contribution in [2.45, 2.75) is 26.2 Å². The molecule has 1 amide bonds. The van der Waals surface area contributed by atoms with E-state index in [0.717, 1.165) is 18.1 Å². The van der Waals surface area contributed by atoms with E-state index >= 15 is 0 Å². The van der Waals surface area contributed by atoms with E-state index in [4.69, 9.17) is 4.74 Å². The van der Waals surface area contributed by atoms with Crippen LogP contribution in [0.25, 0.3) is 0 Å². The molecule has 0 saturated heterocycles. The molecule has 0 saturated carbocycles. The van der Waals surface area contributed by atoms with Crippen molar-refractivity contribution < 1.29 is 19.2 Å². The van der Waals surface area contributed by atoms with Gasteiger partial charge in [0.25, 0.3) is 11.6 Å². The summed E-state index contributed by atoms with van der Waals surface area (Å²) in [6, 6.07) is 11.4. The number of benzene rings is 2. The molecule has 1 N–H and O–H groups in total. The van der Waals surface area contributed by atoms with Crippen LogP contribution < -0.4 is 10.2 Å². The Morgan fingerprint density at radius 1 is 1.21 bits per heavy atom. The molecule has 29 heavy (non-hydrogen) atoms. The van der Waals surface area contributed by atoms with Crippen LogP contribution >= 0.6 is 0 Å². The zero-order valence-corrected chi connectivity index (χ0v) is 17.0. The first-order valence-corrected chi connectivity index (χ1v) is 9.26.